The normalized spacial score (nSPS) is 16.7. The predicted molar refractivity (Wildman–Crippen MR) is 106 cm³/mol. The molecule has 1 unspecified atom stereocenters. The van der Waals surface area contributed by atoms with E-state index in [2.05, 4.69) is 29.2 Å². The third kappa shape index (κ3) is 3.07. The topological polar surface area (TPSA) is 28.1 Å². The molecule has 0 radical (unpaired) electrons. The van der Waals surface area contributed by atoms with Gasteiger partial charge in [-0.15, -0.1) is 5.10 Å². The van der Waals surface area contributed by atoms with E-state index in [1.54, 1.807) is 0 Å². The fourth-order valence-corrected chi connectivity index (χ4v) is 3.10. The van der Waals surface area contributed by atoms with Gasteiger partial charge in [-0.2, -0.15) is 0 Å². The monoisotopic (exact) mass is 343 g/mol. The quantitative estimate of drug-likeness (QED) is 0.672. The van der Waals surface area contributed by atoms with E-state index < -0.39 is 0 Å². The standard InChI is InChI=1S/C22H21N3O/c1-2-26-22-24(19-14-8-4-9-15-19)21(18-12-6-3-7-13-18)23-25(22)20-16-10-5-11-17-20/h3-17,22H,2H2,1H3. The van der Waals surface area contributed by atoms with Gasteiger partial charge in [-0.1, -0.05) is 66.7 Å². The Balaban J connectivity index is 1.84. The van der Waals surface area contributed by atoms with Crippen molar-refractivity contribution in [2.75, 3.05) is 16.5 Å². The van der Waals surface area contributed by atoms with Gasteiger partial charge in [0.05, 0.1) is 5.69 Å². The Morgan fingerprint density at radius 3 is 1.88 bits per heavy atom. The lowest BCUT2D eigenvalue weighted by Crippen LogP contribution is -2.44. The van der Waals surface area contributed by atoms with Crippen LogP contribution in [0.15, 0.2) is 96.1 Å². The second-order valence-corrected chi connectivity index (χ2v) is 5.96. The summed E-state index contributed by atoms with van der Waals surface area (Å²) in [6.45, 7) is 2.60. The van der Waals surface area contributed by atoms with Crippen molar-refractivity contribution in [3.05, 3.63) is 96.6 Å². The fraction of sp³-hybridized carbons (Fsp3) is 0.136. The van der Waals surface area contributed by atoms with Crippen molar-refractivity contribution in [2.45, 2.75) is 13.3 Å². The van der Waals surface area contributed by atoms with Gasteiger partial charge in [0.15, 0.2) is 5.84 Å². The zero-order valence-electron chi connectivity index (χ0n) is 14.7. The Morgan fingerprint density at radius 1 is 0.769 bits per heavy atom. The first-order chi connectivity index (χ1) is 12.9. The second kappa shape index (κ2) is 7.42. The van der Waals surface area contributed by atoms with Gasteiger partial charge in [0.2, 0.25) is 6.35 Å². The van der Waals surface area contributed by atoms with Gasteiger partial charge in [0.25, 0.3) is 0 Å². The van der Waals surface area contributed by atoms with E-state index in [9.17, 15) is 0 Å². The summed E-state index contributed by atoms with van der Waals surface area (Å²) >= 11 is 0. The minimum atomic E-state index is -0.333. The number of benzene rings is 3. The number of hydrogen-bond donors (Lipinski definition) is 0. The number of hydrazone groups is 1. The lowest BCUT2D eigenvalue weighted by Gasteiger charge is -2.31. The fourth-order valence-electron chi connectivity index (χ4n) is 3.10. The predicted octanol–water partition coefficient (Wildman–Crippen LogP) is 4.70. The maximum Gasteiger partial charge on any atom is 0.235 e. The molecule has 1 heterocycles. The Labute approximate surface area is 153 Å². The third-order valence-corrected chi connectivity index (χ3v) is 4.26. The molecule has 0 aromatic heterocycles. The maximum atomic E-state index is 6.13. The number of para-hydroxylation sites is 2. The number of rotatable bonds is 5. The van der Waals surface area contributed by atoms with Gasteiger partial charge < -0.3 is 4.74 Å². The number of nitrogens with zero attached hydrogens (tertiary/aromatic N) is 3. The molecule has 26 heavy (non-hydrogen) atoms. The molecule has 1 atom stereocenters. The molecule has 0 N–H and O–H groups in total. The minimum absolute atomic E-state index is 0.333. The van der Waals surface area contributed by atoms with Crippen LogP contribution in [0, 0.1) is 0 Å². The highest BCUT2D eigenvalue weighted by Gasteiger charge is 2.37. The average Bonchev–Trinajstić information content (AvgIpc) is 3.10. The molecule has 0 spiro atoms. The van der Waals surface area contributed by atoms with Crippen LogP contribution in [0.1, 0.15) is 12.5 Å². The highest BCUT2D eigenvalue weighted by Crippen LogP contribution is 2.32. The molecule has 130 valence electrons. The summed E-state index contributed by atoms with van der Waals surface area (Å²) in [5.74, 6) is 0.874. The molecule has 0 bridgehead atoms. The third-order valence-electron chi connectivity index (χ3n) is 4.26. The number of ether oxygens (including phenoxy) is 1. The van der Waals surface area contributed by atoms with Crippen molar-refractivity contribution in [1.82, 2.24) is 0 Å². The molecule has 0 saturated heterocycles. The molecule has 3 aromatic rings. The lowest BCUT2D eigenvalue weighted by molar-refractivity contribution is 0.0728. The summed E-state index contributed by atoms with van der Waals surface area (Å²) in [5, 5.41) is 6.88. The van der Waals surface area contributed by atoms with E-state index >= 15 is 0 Å². The first-order valence-corrected chi connectivity index (χ1v) is 8.82. The average molecular weight is 343 g/mol. The number of amidine groups is 1. The van der Waals surface area contributed by atoms with Crippen LogP contribution in [0.5, 0.6) is 0 Å². The van der Waals surface area contributed by atoms with E-state index in [1.807, 2.05) is 78.7 Å². The van der Waals surface area contributed by atoms with Crippen molar-refractivity contribution in [2.24, 2.45) is 5.10 Å². The number of anilines is 2. The van der Waals surface area contributed by atoms with Gasteiger partial charge in [-0.3, -0.25) is 4.90 Å². The van der Waals surface area contributed by atoms with Crippen LogP contribution in [-0.4, -0.2) is 18.8 Å². The van der Waals surface area contributed by atoms with Crippen LogP contribution < -0.4 is 9.91 Å². The summed E-state index contributed by atoms with van der Waals surface area (Å²) < 4.78 is 6.13. The largest absolute Gasteiger partial charge is 0.339 e. The van der Waals surface area contributed by atoms with E-state index in [4.69, 9.17) is 9.84 Å². The van der Waals surface area contributed by atoms with Crippen LogP contribution in [-0.2, 0) is 4.74 Å². The molecule has 3 aromatic carbocycles. The summed E-state index contributed by atoms with van der Waals surface area (Å²) in [6.07, 6.45) is -0.333. The Bertz CT molecular complexity index is 866. The van der Waals surface area contributed by atoms with Crippen LogP contribution in [0.3, 0.4) is 0 Å². The van der Waals surface area contributed by atoms with Crippen molar-refractivity contribution >= 4 is 17.2 Å². The Hall–Kier alpha value is -3.11. The van der Waals surface area contributed by atoms with Gasteiger partial charge in [0, 0.05) is 17.9 Å². The highest BCUT2D eigenvalue weighted by atomic mass is 16.5. The van der Waals surface area contributed by atoms with Crippen molar-refractivity contribution in [3.63, 3.8) is 0 Å². The number of hydrogen-bond acceptors (Lipinski definition) is 4. The SMILES string of the molecule is CCOC1N(c2ccccc2)N=C(c2ccccc2)N1c1ccccc1. The first kappa shape index (κ1) is 16.4. The molecular formula is C22H21N3O. The molecule has 0 aliphatic carbocycles. The van der Waals surface area contributed by atoms with Crippen LogP contribution in [0.4, 0.5) is 11.4 Å². The Kier molecular flexibility index (Phi) is 4.67. The summed E-state index contributed by atoms with van der Waals surface area (Å²) in [6, 6.07) is 30.6. The molecule has 0 fully saturated rings. The van der Waals surface area contributed by atoms with E-state index in [-0.39, 0.29) is 6.35 Å². The highest BCUT2D eigenvalue weighted by molar-refractivity contribution is 6.12. The molecule has 0 saturated carbocycles. The van der Waals surface area contributed by atoms with Gasteiger partial charge in [-0.25, -0.2) is 5.01 Å². The van der Waals surface area contributed by atoms with E-state index in [0.717, 1.165) is 22.8 Å². The van der Waals surface area contributed by atoms with Crippen LogP contribution >= 0.6 is 0 Å². The molecule has 1 aliphatic rings. The molecular weight excluding hydrogens is 322 g/mol. The van der Waals surface area contributed by atoms with Crippen molar-refractivity contribution in [1.29, 1.82) is 0 Å². The van der Waals surface area contributed by atoms with Crippen molar-refractivity contribution in [3.8, 4) is 0 Å². The van der Waals surface area contributed by atoms with Gasteiger partial charge >= 0.3 is 0 Å². The van der Waals surface area contributed by atoms with Gasteiger partial charge in [-0.05, 0) is 31.2 Å². The molecule has 4 nitrogen and oxygen atoms in total. The summed E-state index contributed by atoms with van der Waals surface area (Å²) in [7, 11) is 0. The van der Waals surface area contributed by atoms with Crippen molar-refractivity contribution < 1.29 is 4.74 Å². The van der Waals surface area contributed by atoms with Gasteiger partial charge in [0.1, 0.15) is 0 Å². The summed E-state index contributed by atoms with van der Waals surface area (Å²) in [5.41, 5.74) is 3.10. The van der Waals surface area contributed by atoms with Crippen LogP contribution in [0.2, 0.25) is 0 Å². The maximum absolute atomic E-state index is 6.13. The zero-order valence-corrected chi connectivity index (χ0v) is 14.7. The Morgan fingerprint density at radius 2 is 1.31 bits per heavy atom. The smallest absolute Gasteiger partial charge is 0.235 e. The molecule has 0 amide bonds. The summed E-state index contributed by atoms with van der Waals surface area (Å²) in [4.78, 5) is 2.14. The zero-order chi connectivity index (χ0) is 17.8. The molecule has 1 aliphatic heterocycles. The van der Waals surface area contributed by atoms with E-state index in [1.165, 1.54) is 0 Å². The molecule has 4 heteroatoms. The van der Waals surface area contributed by atoms with Crippen LogP contribution in [0.25, 0.3) is 0 Å². The first-order valence-electron chi connectivity index (χ1n) is 8.82. The minimum Gasteiger partial charge on any atom is -0.339 e. The lowest BCUT2D eigenvalue weighted by atomic mass is 10.2. The van der Waals surface area contributed by atoms with E-state index in [0.29, 0.717) is 6.61 Å². The second-order valence-electron chi connectivity index (χ2n) is 5.96. The molecule has 4 rings (SSSR count).